The summed E-state index contributed by atoms with van der Waals surface area (Å²) in [6.07, 6.45) is 0.608. The summed E-state index contributed by atoms with van der Waals surface area (Å²) in [5, 5.41) is 0. The predicted molar refractivity (Wildman–Crippen MR) is 63.5 cm³/mol. The molecule has 0 saturated heterocycles. The summed E-state index contributed by atoms with van der Waals surface area (Å²) in [6.45, 7) is 0.345. The summed E-state index contributed by atoms with van der Waals surface area (Å²) in [7, 11) is -1.89. The van der Waals surface area contributed by atoms with E-state index in [9.17, 15) is 8.42 Å². The van der Waals surface area contributed by atoms with Gasteiger partial charge in [-0.1, -0.05) is 0 Å². The molecule has 90 valence electrons. The summed E-state index contributed by atoms with van der Waals surface area (Å²) >= 11 is 5.46. The number of benzene rings is 1. The van der Waals surface area contributed by atoms with Crippen molar-refractivity contribution in [1.82, 2.24) is 4.72 Å². The van der Waals surface area contributed by atoms with Gasteiger partial charge >= 0.3 is 0 Å². The van der Waals surface area contributed by atoms with Crippen molar-refractivity contribution in [3.05, 3.63) is 24.3 Å². The molecule has 6 heteroatoms. The Bertz CT molecular complexity index is 416. The fourth-order valence-electron chi connectivity index (χ4n) is 1.11. The molecule has 1 aromatic carbocycles. The van der Waals surface area contributed by atoms with E-state index in [2.05, 4.69) is 4.72 Å². The molecule has 0 aromatic heterocycles. The number of nitrogens with one attached hydrogen (secondary N) is 1. The van der Waals surface area contributed by atoms with Crippen LogP contribution in [0.1, 0.15) is 6.42 Å². The SMILES string of the molecule is COc1ccc(S(=O)(=O)NCCCCl)cc1. The maximum atomic E-state index is 11.7. The van der Waals surface area contributed by atoms with Gasteiger partial charge < -0.3 is 4.74 Å². The Morgan fingerprint density at radius 2 is 1.94 bits per heavy atom. The van der Waals surface area contributed by atoms with E-state index in [0.29, 0.717) is 24.6 Å². The fraction of sp³-hybridized carbons (Fsp3) is 0.400. The van der Waals surface area contributed by atoms with Crippen LogP contribution < -0.4 is 9.46 Å². The van der Waals surface area contributed by atoms with Gasteiger partial charge in [0.25, 0.3) is 0 Å². The Balaban J connectivity index is 2.74. The molecule has 0 aliphatic rings. The first kappa shape index (κ1) is 13.3. The predicted octanol–water partition coefficient (Wildman–Crippen LogP) is 1.60. The number of rotatable bonds is 6. The highest BCUT2D eigenvalue weighted by Crippen LogP contribution is 2.15. The minimum absolute atomic E-state index is 0.225. The number of hydrogen-bond acceptors (Lipinski definition) is 3. The molecule has 0 bridgehead atoms. The van der Waals surface area contributed by atoms with E-state index < -0.39 is 10.0 Å². The first-order valence-electron chi connectivity index (χ1n) is 4.80. The highest BCUT2D eigenvalue weighted by atomic mass is 35.5. The molecule has 0 amide bonds. The van der Waals surface area contributed by atoms with Gasteiger partial charge in [-0.15, -0.1) is 11.6 Å². The van der Waals surface area contributed by atoms with Crippen molar-refractivity contribution < 1.29 is 13.2 Å². The van der Waals surface area contributed by atoms with Crippen LogP contribution in [0.25, 0.3) is 0 Å². The van der Waals surface area contributed by atoms with Crippen LogP contribution in [0, 0.1) is 0 Å². The molecule has 0 aliphatic carbocycles. The Kier molecular flexibility index (Phi) is 5.05. The minimum Gasteiger partial charge on any atom is -0.497 e. The Morgan fingerprint density at radius 3 is 2.44 bits per heavy atom. The van der Waals surface area contributed by atoms with Crippen molar-refractivity contribution in [3.8, 4) is 5.75 Å². The van der Waals surface area contributed by atoms with E-state index >= 15 is 0 Å². The number of ether oxygens (including phenoxy) is 1. The van der Waals surface area contributed by atoms with Gasteiger partial charge in [-0.25, -0.2) is 13.1 Å². The van der Waals surface area contributed by atoms with Gasteiger partial charge in [-0.3, -0.25) is 0 Å². The summed E-state index contributed by atoms with van der Waals surface area (Å²) in [5.41, 5.74) is 0. The first-order valence-corrected chi connectivity index (χ1v) is 6.81. The third-order valence-corrected chi connectivity index (χ3v) is 3.72. The monoisotopic (exact) mass is 263 g/mol. The van der Waals surface area contributed by atoms with Crippen molar-refractivity contribution in [2.75, 3.05) is 19.5 Å². The quantitative estimate of drug-likeness (QED) is 0.627. The average Bonchev–Trinajstić information content (AvgIpc) is 2.29. The lowest BCUT2D eigenvalue weighted by molar-refractivity contribution is 0.414. The molecule has 0 atom stereocenters. The highest BCUT2D eigenvalue weighted by molar-refractivity contribution is 7.89. The number of sulfonamides is 1. The maximum Gasteiger partial charge on any atom is 0.240 e. The molecule has 4 nitrogen and oxygen atoms in total. The Morgan fingerprint density at radius 1 is 1.31 bits per heavy atom. The zero-order chi connectivity index (χ0) is 12.0. The summed E-state index contributed by atoms with van der Waals surface area (Å²) in [5.74, 6) is 1.06. The molecule has 0 saturated carbocycles. The van der Waals surface area contributed by atoms with Crippen LogP contribution in [0.4, 0.5) is 0 Å². The maximum absolute atomic E-state index is 11.7. The molecule has 0 spiro atoms. The fourth-order valence-corrected chi connectivity index (χ4v) is 2.32. The largest absolute Gasteiger partial charge is 0.497 e. The van der Waals surface area contributed by atoms with E-state index in [1.54, 1.807) is 12.1 Å². The molecule has 0 heterocycles. The molecule has 0 fully saturated rings. The molecule has 0 radical (unpaired) electrons. The van der Waals surface area contributed by atoms with Gasteiger partial charge in [-0.2, -0.15) is 0 Å². The lowest BCUT2D eigenvalue weighted by Crippen LogP contribution is -2.24. The molecular weight excluding hydrogens is 250 g/mol. The van der Waals surface area contributed by atoms with Crippen LogP contribution in [0.5, 0.6) is 5.75 Å². The van der Waals surface area contributed by atoms with Gasteiger partial charge in [0.1, 0.15) is 5.75 Å². The van der Waals surface area contributed by atoms with E-state index in [1.165, 1.54) is 19.2 Å². The Hall–Kier alpha value is -0.780. The summed E-state index contributed by atoms with van der Waals surface area (Å²) in [4.78, 5) is 0.225. The van der Waals surface area contributed by atoms with Crippen molar-refractivity contribution in [1.29, 1.82) is 0 Å². The third-order valence-electron chi connectivity index (χ3n) is 1.97. The van der Waals surface area contributed by atoms with Gasteiger partial charge in [-0.05, 0) is 30.7 Å². The molecule has 0 aliphatic heterocycles. The van der Waals surface area contributed by atoms with Crippen molar-refractivity contribution in [2.45, 2.75) is 11.3 Å². The number of hydrogen-bond donors (Lipinski definition) is 1. The normalized spacial score (nSPS) is 11.4. The van der Waals surface area contributed by atoms with Crippen LogP contribution >= 0.6 is 11.6 Å². The second kappa shape index (κ2) is 6.08. The second-order valence-electron chi connectivity index (χ2n) is 3.12. The van der Waals surface area contributed by atoms with Crippen LogP contribution in [0.15, 0.2) is 29.2 Å². The topological polar surface area (TPSA) is 55.4 Å². The van der Waals surface area contributed by atoms with Crippen molar-refractivity contribution >= 4 is 21.6 Å². The molecule has 1 N–H and O–H groups in total. The van der Waals surface area contributed by atoms with Crippen molar-refractivity contribution in [2.24, 2.45) is 0 Å². The molecule has 1 aromatic rings. The highest BCUT2D eigenvalue weighted by Gasteiger charge is 2.12. The number of halogens is 1. The average molecular weight is 264 g/mol. The smallest absolute Gasteiger partial charge is 0.240 e. The van der Waals surface area contributed by atoms with Crippen LogP contribution in [0.2, 0.25) is 0 Å². The first-order chi connectivity index (χ1) is 7.60. The summed E-state index contributed by atoms with van der Waals surface area (Å²) < 4.78 is 30.8. The van der Waals surface area contributed by atoms with Gasteiger partial charge in [0, 0.05) is 12.4 Å². The van der Waals surface area contributed by atoms with E-state index in [1.807, 2.05) is 0 Å². The molecule has 1 rings (SSSR count). The number of alkyl halides is 1. The minimum atomic E-state index is -3.42. The zero-order valence-corrected chi connectivity index (χ0v) is 10.5. The van der Waals surface area contributed by atoms with E-state index in [4.69, 9.17) is 16.3 Å². The second-order valence-corrected chi connectivity index (χ2v) is 5.26. The van der Waals surface area contributed by atoms with E-state index in [0.717, 1.165) is 0 Å². The standard InChI is InChI=1S/C10H14ClNO3S/c1-15-9-3-5-10(6-4-9)16(13,14)12-8-2-7-11/h3-6,12H,2,7-8H2,1H3. The van der Waals surface area contributed by atoms with Crippen LogP contribution in [-0.4, -0.2) is 28.0 Å². The van der Waals surface area contributed by atoms with Crippen LogP contribution in [-0.2, 0) is 10.0 Å². The molecular formula is C10H14ClNO3S. The third kappa shape index (κ3) is 3.66. The van der Waals surface area contributed by atoms with E-state index in [-0.39, 0.29) is 4.90 Å². The lowest BCUT2D eigenvalue weighted by Gasteiger charge is -2.06. The van der Waals surface area contributed by atoms with Gasteiger partial charge in [0.15, 0.2) is 0 Å². The van der Waals surface area contributed by atoms with Crippen molar-refractivity contribution in [3.63, 3.8) is 0 Å². The summed E-state index contributed by atoms with van der Waals surface area (Å²) in [6, 6.07) is 6.22. The zero-order valence-electron chi connectivity index (χ0n) is 8.94. The van der Waals surface area contributed by atoms with Gasteiger partial charge in [0.05, 0.1) is 12.0 Å². The van der Waals surface area contributed by atoms with Crippen LogP contribution in [0.3, 0.4) is 0 Å². The molecule has 16 heavy (non-hydrogen) atoms. The number of methoxy groups -OCH3 is 1. The molecule has 0 unspecified atom stereocenters. The lowest BCUT2D eigenvalue weighted by atomic mass is 10.3. The van der Waals surface area contributed by atoms with Gasteiger partial charge in [0.2, 0.25) is 10.0 Å². The Labute approximate surface area is 101 Å².